The van der Waals surface area contributed by atoms with Gasteiger partial charge in [-0.25, -0.2) is 0 Å². The topological polar surface area (TPSA) is 62.8 Å². The molecule has 0 radical (unpaired) electrons. The molecule has 2 N–H and O–H groups in total. The van der Waals surface area contributed by atoms with Gasteiger partial charge < -0.3 is 19.2 Å². The van der Waals surface area contributed by atoms with E-state index in [4.69, 9.17) is 19.2 Å². The first-order chi connectivity index (χ1) is 7.70. The van der Waals surface area contributed by atoms with Gasteiger partial charge in [0.05, 0.1) is 6.61 Å². The normalized spacial score (nSPS) is 10.7. The summed E-state index contributed by atoms with van der Waals surface area (Å²) in [5.74, 6) is 0.725. The molecule has 1 aromatic carbocycles. The number of rotatable bonds is 4. The summed E-state index contributed by atoms with van der Waals surface area (Å²) in [5.41, 5.74) is 0.736. The Bertz CT molecular complexity index is 478. The van der Waals surface area contributed by atoms with E-state index in [1.165, 1.54) is 0 Å². The van der Waals surface area contributed by atoms with Gasteiger partial charge >= 0.3 is 7.12 Å². The number of benzene rings is 1. The van der Waals surface area contributed by atoms with Crippen molar-refractivity contribution in [3.63, 3.8) is 0 Å². The first-order valence-electron chi connectivity index (χ1n) is 5.23. The average Bonchev–Trinajstić information content (AvgIpc) is 2.69. The van der Waals surface area contributed by atoms with E-state index in [0.29, 0.717) is 12.2 Å². The molecule has 16 heavy (non-hydrogen) atoms. The summed E-state index contributed by atoms with van der Waals surface area (Å²) in [6, 6.07) is 7.01. The molecule has 5 heteroatoms. The number of furan rings is 1. The molecule has 0 bridgehead atoms. The van der Waals surface area contributed by atoms with Gasteiger partial charge in [0.2, 0.25) is 0 Å². The van der Waals surface area contributed by atoms with E-state index in [9.17, 15) is 0 Å². The third-order valence-electron chi connectivity index (χ3n) is 2.24. The molecule has 0 aliphatic heterocycles. The minimum Gasteiger partial charge on any atom is -0.493 e. The molecule has 4 nitrogen and oxygen atoms in total. The molecule has 0 spiro atoms. The third kappa shape index (κ3) is 2.20. The smallest absolute Gasteiger partial charge is 0.493 e. The standard InChI is InChI=1S/C11H13BO4/c1-2-5-15-9-4-3-8-6-11(12(13)14)16-10(8)7-9/h3-4,6-7,13-14H,2,5H2,1H3. The zero-order valence-electron chi connectivity index (χ0n) is 9.01. The summed E-state index contributed by atoms with van der Waals surface area (Å²) in [5, 5.41) is 18.8. The van der Waals surface area contributed by atoms with Crippen LogP contribution < -0.4 is 10.4 Å². The van der Waals surface area contributed by atoms with E-state index < -0.39 is 7.12 Å². The van der Waals surface area contributed by atoms with Crippen LogP contribution in [0.4, 0.5) is 0 Å². The highest BCUT2D eigenvalue weighted by atomic mass is 16.5. The SMILES string of the molecule is CCCOc1ccc2cc(B(O)O)oc2c1. The van der Waals surface area contributed by atoms with E-state index in [2.05, 4.69) is 0 Å². The molecule has 0 atom stereocenters. The first-order valence-corrected chi connectivity index (χ1v) is 5.23. The lowest BCUT2D eigenvalue weighted by Crippen LogP contribution is -2.27. The zero-order chi connectivity index (χ0) is 11.5. The summed E-state index contributed by atoms with van der Waals surface area (Å²) in [6.07, 6.45) is 0.941. The van der Waals surface area contributed by atoms with Crippen LogP contribution in [0.15, 0.2) is 28.7 Å². The van der Waals surface area contributed by atoms with Crippen molar-refractivity contribution in [1.82, 2.24) is 0 Å². The van der Waals surface area contributed by atoms with Gasteiger partial charge in [-0.2, -0.15) is 0 Å². The van der Waals surface area contributed by atoms with Gasteiger partial charge in [0.25, 0.3) is 0 Å². The van der Waals surface area contributed by atoms with Gasteiger partial charge in [-0.15, -0.1) is 0 Å². The van der Waals surface area contributed by atoms with E-state index in [0.717, 1.165) is 17.6 Å². The van der Waals surface area contributed by atoms with Crippen LogP contribution in [-0.2, 0) is 0 Å². The second kappa shape index (κ2) is 4.59. The number of fused-ring (bicyclic) bond motifs is 1. The van der Waals surface area contributed by atoms with Crippen molar-refractivity contribution in [2.45, 2.75) is 13.3 Å². The van der Waals surface area contributed by atoms with Crippen LogP contribution in [0.2, 0.25) is 0 Å². The van der Waals surface area contributed by atoms with Crippen LogP contribution >= 0.6 is 0 Å². The Hall–Kier alpha value is -1.46. The molecule has 2 aromatic rings. The second-order valence-electron chi connectivity index (χ2n) is 3.57. The number of hydrogen-bond acceptors (Lipinski definition) is 4. The largest absolute Gasteiger partial charge is 0.526 e. The molecule has 0 aliphatic rings. The van der Waals surface area contributed by atoms with Crippen molar-refractivity contribution in [2.24, 2.45) is 0 Å². The molecule has 0 fully saturated rings. The molecule has 0 unspecified atom stereocenters. The van der Waals surface area contributed by atoms with Crippen molar-refractivity contribution in [3.05, 3.63) is 24.3 Å². The highest BCUT2D eigenvalue weighted by Crippen LogP contribution is 2.21. The van der Waals surface area contributed by atoms with Gasteiger partial charge in [0, 0.05) is 11.5 Å². The van der Waals surface area contributed by atoms with Gasteiger partial charge in [-0.05, 0) is 24.6 Å². The summed E-state index contributed by atoms with van der Waals surface area (Å²) in [7, 11) is -1.58. The highest BCUT2D eigenvalue weighted by molar-refractivity contribution is 6.57. The Labute approximate surface area is 93.6 Å². The van der Waals surface area contributed by atoms with Crippen molar-refractivity contribution in [3.8, 4) is 5.75 Å². The predicted molar refractivity (Wildman–Crippen MR) is 61.8 cm³/mol. The van der Waals surface area contributed by atoms with Crippen LogP contribution in [-0.4, -0.2) is 23.8 Å². The van der Waals surface area contributed by atoms with Crippen molar-refractivity contribution in [2.75, 3.05) is 6.61 Å². The summed E-state index contributed by atoms with van der Waals surface area (Å²) < 4.78 is 10.7. The minimum absolute atomic E-state index is 0.141. The fourth-order valence-electron chi connectivity index (χ4n) is 1.47. The molecular formula is C11H13BO4. The first kappa shape index (κ1) is 11.0. The fraction of sp³-hybridized carbons (Fsp3) is 0.273. The van der Waals surface area contributed by atoms with Crippen LogP contribution in [0, 0.1) is 0 Å². The van der Waals surface area contributed by atoms with Crippen LogP contribution in [0.5, 0.6) is 5.75 Å². The molecule has 1 heterocycles. The lowest BCUT2D eigenvalue weighted by Gasteiger charge is -2.02. The van der Waals surface area contributed by atoms with E-state index in [1.807, 2.05) is 19.1 Å². The number of hydrogen-bond donors (Lipinski definition) is 2. The molecule has 0 aliphatic carbocycles. The summed E-state index contributed by atoms with van der Waals surface area (Å²) in [6.45, 7) is 2.69. The van der Waals surface area contributed by atoms with Gasteiger partial charge in [-0.1, -0.05) is 6.92 Å². The summed E-state index contributed by atoms with van der Waals surface area (Å²) >= 11 is 0. The lowest BCUT2D eigenvalue weighted by molar-refractivity contribution is 0.317. The maximum absolute atomic E-state index is 8.97. The van der Waals surface area contributed by atoms with Crippen molar-refractivity contribution in [1.29, 1.82) is 0 Å². The van der Waals surface area contributed by atoms with Crippen LogP contribution in [0.3, 0.4) is 0 Å². The van der Waals surface area contributed by atoms with E-state index in [1.54, 1.807) is 12.1 Å². The maximum Gasteiger partial charge on any atom is 0.526 e. The molecule has 1 aromatic heterocycles. The molecule has 0 saturated carbocycles. The predicted octanol–water partition coefficient (Wildman–Crippen LogP) is 0.901. The van der Waals surface area contributed by atoms with Gasteiger partial charge in [0.1, 0.15) is 17.0 Å². The number of ether oxygens (including phenoxy) is 1. The fourth-order valence-corrected chi connectivity index (χ4v) is 1.47. The molecule has 0 amide bonds. The maximum atomic E-state index is 8.97. The Morgan fingerprint density at radius 2 is 2.12 bits per heavy atom. The molecule has 2 rings (SSSR count). The third-order valence-corrected chi connectivity index (χ3v) is 2.24. The van der Waals surface area contributed by atoms with Gasteiger partial charge in [0.15, 0.2) is 0 Å². The van der Waals surface area contributed by atoms with Crippen LogP contribution in [0.1, 0.15) is 13.3 Å². The highest BCUT2D eigenvalue weighted by Gasteiger charge is 2.16. The monoisotopic (exact) mass is 220 g/mol. The van der Waals surface area contributed by atoms with E-state index in [-0.39, 0.29) is 5.66 Å². The van der Waals surface area contributed by atoms with Crippen LogP contribution in [0.25, 0.3) is 11.0 Å². The molecule has 84 valence electrons. The Morgan fingerprint density at radius 3 is 2.81 bits per heavy atom. The molecule has 0 saturated heterocycles. The van der Waals surface area contributed by atoms with Crippen molar-refractivity contribution < 1.29 is 19.2 Å². The molecular weight excluding hydrogens is 207 g/mol. The Balaban J connectivity index is 2.30. The second-order valence-corrected chi connectivity index (χ2v) is 3.57. The van der Waals surface area contributed by atoms with E-state index >= 15 is 0 Å². The minimum atomic E-state index is -1.58. The lowest BCUT2D eigenvalue weighted by atomic mass is 9.88. The Kier molecular flexibility index (Phi) is 3.17. The quantitative estimate of drug-likeness (QED) is 0.751. The van der Waals surface area contributed by atoms with Gasteiger partial charge in [-0.3, -0.25) is 0 Å². The van der Waals surface area contributed by atoms with Crippen molar-refractivity contribution >= 4 is 23.7 Å². The average molecular weight is 220 g/mol. The zero-order valence-corrected chi connectivity index (χ0v) is 9.01. The summed E-state index contributed by atoms with van der Waals surface area (Å²) in [4.78, 5) is 0. The Morgan fingerprint density at radius 1 is 1.31 bits per heavy atom.